The zero-order chi connectivity index (χ0) is 68.8. The molecule has 536 valence electrons. The van der Waals surface area contributed by atoms with Gasteiger partial charge in [0.1, 0.15) is 85.1 Å². The van der Waals surface area contributed by atoms with Crippen LogP contribution in [0.1, 0.15) is 79.1 Å². The zero-order valence-electron chi connectivity index (χ0n) is 52.6. The molecule has 3 saturated heterocycles. The Morgan fingerprint density at radius 3 is 1.19 bits per heavy atom. The van der Waals surface area contributed by atoms with Crippen LogP contribution in [0.5, 0.6) is 0 Å². The molecule has 0 spiro atoms. The molecule has 3 heterocycles. The first-order chi connectivity index (χ1) is 44.2. The van der Waals surface area contributed by atoms with Gasteiger partial charge in [0, 0.05) is 65.3 Å². The fourth-order valence-corrected chi connectivity index (χ4v) is 11.1. The van der Waals surface area contributed by atoms with Gasteiger partial charge >= 0.3 is 7.60 Å². The summed E-state index contributed by atoms with van der Waals surface area (Å²) in [4.78, 5) is 114. The topological polar surface area (TPSA) is 544 Å². The first-order valence-corrected chi connectivity index (χ1v) is 32.7. The SMILES string of the molecule is CCP(=O)(O)O[C@H]1CC[C@@H](C(=O)NC(CCC(=O)NC(CCC(=O)NCCOCCOC2OC(CO)C(O)C(O)C2NC(C)=O)C(=O)NCCOCCOC2OC(CO)C(O)C(O)C2NC(C)=O)C(=O)NCCOCCOC2OC(CO)C(O)C(O)C2NC(C)=O)CC1. The van der Waals surface area contributed by atoms with Crippen LogP contribution in [-0.2, 0) is 90.1 Å². The number of hydrogen-bond donors (Lipinski definition) is 18. The van der Waals surface area contributed by atoms with E-state index in [-0.39, 0.29) is 130 Å². The van der Waals surface area contributed by atoms with Crippen molar-refractivity contribution in [3.05, 3.63) is 0 Å². The Morgan fingerprint density at radius 2 is 0.839 bits per heavy atom. The fourth-order valence-electron chi connectivity index (χ4n) is 10.3. The molecule has 18 unspecified atom stereocenters. The molecule has 8 amide bonds. The highest BCUT2D eigenvalue weighted by Crippen LogP contribution is 2.45. The first-order valence-electron chi connectivity index (χ1n) is 30.9. The van der Waals surface area contributed by atoms with E-state index >= 15 is 0 Å². The zero-order valence-corrected chi connectivity index (χ0v) is 53.5. The molecule has 37 nitrogen and oxygen atoms in total. The summed E-state index contributed by atoms with van der Waals surface area (Å²) in [5.41, 5.74) is 0. The molecule has 18 atom stereocenters. The number of carbonyl (C=O) groups excluding carboxylic acids is 8. The number of hydrogen-bond acceptors (Lipinski definition) is 28. The highest BCUT2D eigenvalue weighted by Gasteiger charge is 2.48. The molecule has 4 fully saturated rings. The van der Waals surface area contributed by atoms with Crippen molar-refractivity contribution in [1.82, 2.24) is 42.5 Å². The predicted molar refractivity (Wildman–Crippen MR) is 315 cm³/mol. The fraction of sp³-hybridized carbons (Fsp3) is 0.855. The molecule has 0 aromatic heterocycles. The van der Waals surface area contributed by atoms with Crippen LogP contribution in [0, 0.1) is 5.92 Å². The summed E-state index contributed by atoms with van der Waals surface area (Å²) >= 11 is 0. The molecule has 1 saturated carbocycles. The number of rotatable bonds is 41. The van der Waals surface area contributed by atoms with Crippen molar-refractivity contribution in [3.8, 4) is 0 Å². The lowest BCUT2D eigenvalue weighted by Crippen LogP contribution is -2.64. The monoisotopic (exact) mass is 1360 g/mol. The van der Waals surface area contributed by atoms with E-state index in [2.05, 4.69) is 42.5 Å². The van der Waals surface area contributed by atoms with Crippen LogP contribution in [0.3, 0.4) is 0 Å². The van der Waals surface area contributed by atoms with Gasteiger partial charge in [-0.3, -0.25) is 42.9 Å². The minimum Gasteiger partial charge on any atom is -0.394 e. The maximum Gasteiger partial charge on any atom is 0.328 e. The standard InChI is InChI=1S/C55H97N8O29P/c1-5-93(81,82)92-33-8-6-32(7-9-33)50(78)63-35(52(80)58-16-19-85-22-25-88-55-43(61-31(4)69)49(77)46(74)38(28-66)91-55)11-13-40(71)62-34(51(79)57-15-18-84-21-24-87-54-42(60-30(3)68)48(76)45(73)37(27-65)90-54)10-12-39(70)56-14-17-83-20-23-86-53-41(59-29(2)67)47(75)44(72)36(26-64)89-53/h32-38,41-49,53-55,64-66,72-77H,5-28H2,1-4H3,(H,56,70)(H,57,79)(H,58,80)(H,59,67)(H,60,68)(H,61,69)(H,62,71)(H,63,78)(H,81,82)/t32-,33+,34?,35?,36?,37?,38?,41?,42?,43?,44?,45?,46?,47?,48?,49?,53?,54?,55?. The largest absolute Gasteiger partial charge is 0.394 e. The normalized spacial score (nSPS) is 30.1. The van der Waals surface area contributed by atoms with Gasteiger partial charge in [-0.1, -0.05) is 6.92 Å². The number of aliphatic hydroxyl groups excluding tert-OH is 9. The Labute approximate surface area is 537 Å². The second-order valence-corrected chi connectivity index (χ2v) is 24.6. The van der Waals surface area contributed by atoms with Gasteiger partial charge in [-0.15, -0.1) is 0 Å². The number of ether oxygens (including phenoxy) is 9. The van der Waals surface area contributed by atoms with Crippen molar-refractivity contribution in [2.24, 2.45) is 5.92 Å². The smallest absolute Gasteiger partial charge is 0.328 e. The van der Waals surface area contributed by atoms with Gasteiger partial charge in [-0.05, 0) is 38.5 Å². The van der Waals surface area contributed by atoms with Crippen molar-refractivity contribution in [1.29, 1.82) is 0 Å². The van der Waals surface area contributed by atoms with Crippen molar-refractivity contribution < 1.29 is 141 Å². The van der Waals surface area contributed by atoms with Crippen molar-refractivity contribution >= 4 is 54.9 Å². The maximum absolute atomic E-state index is 13.8. The quantitative estimate of drug-likeness (QED) is 0.0200. The van der Waals surface area contributed by atoms with Crippen LogP contribution >= 0.6 is 7.60 Å². The lowest BCUT2D eigenvalue weighted by Gasteiger charge is -2.42. The minimum absolute atomic E-state index is 0.0308. The average Bonchev–Trinajstić information content (AvgIpc) is 0.867. The van der Waals surface area contributed by atoms with Gasteiger partial charge in [-0.2, -0.15) is 0 Å². The summed E-state index contributed by atoms with van der Waals surface area (Å²) < 4.78 is 67.8. The van der Waals surface area contributed by atoms with Crippen LogP contribution in [0.4, 0.5) is 0 Å². The van der Waals surface area contributed by atoms with E-state index in [4.69, 9.17) is 47.2 Å². The molecule has 18 N–H and O–H groups in total. The Morgan fingerprint density at radius 1 is 0.484 bits per heavy atom. The van der Waals surface area contributed by atoms with E-state index in [0.29, 0.717) is 0 Å². The molecule has 0 bridgehead atoms. The second-order valence-electron chi connectivity index (χ2n) is 22.5. The highest BCUT2D eigenvalue weighted by atomic mass is 31.2. The average molecular weight is 1370 g/mol. The molecule has 0 aromatic carbocycles. The van der Waals surface area contributed by atoms with Crippen LogP contribution in [0.2, 0.25) is 0 Å². The number of aliphatic hydroxyl groups is 9. The van der Waals surface area contributed by atoms with Crippen LogP contribution < -0.4 is 42.5 Å². The summed E-state index contributed by atoms with van der Waals surface area (Å²) in [5, 5.41) is 112. The summed E-state index contributed by atoms with van der Waals surface area (Å²) in [6.45, 7) is 1.75. The van der Waals surface area contributed by atoms with E-state index in [9.17, 15) is 93.8 Å². The Hall–Kier alpha value is -4.81. The lowest BCUT2D eigenvalue weighted by atomic mass is 9.86. The van der Waals surface area contributed by atoms with Gasteiger partial charge < -0.3 is 141 Å². The Balaban J connectivity index is 1.36. The van der Waals surface area contributed by atoms with E-state index < -0.39 is 197 Å². The molecule has 4 rings (SSSR count). The third-order valence-electron chi connectivity index (χ3n) is 15.3. The third kappa shape index (κ3) is 27.7. The van der Waals surface area contributed by atoms with E-state index in [1.165, 1.54) is 27.7 Å². The summed E-state index contributed by atoms with van der Waals surface area (Å²) in [6, 6.07) is -6.26. The van der Waals surface area contributed by atoms with Crippen molar-refractivity contribution in [2.45, 2.75) is 189 Å². The number of carbonyl (C=O) groups is 8. The predicted octanol–water partition coefficient (Wildman–Crippen LogP) is -8.42. The lowest BCUT2D eigenvalue weighted by molar-refractivity contribution is -0.272. The summed E-state index contributed by atoms with van der Waals surface area (Å²) in [6.07, 6.45) is -17.6. The summed E-state index contributed by atoms with van der Waals surface area (Å²) in [7, 11) is -3.83. The van der Waals surface area contributed by atoms with Gasteiger partial charge in [0.25, 0.3) is 0 Å². The Bertz CT molecular complexity index is 2370. The number of amides is 8. The van der Waals surface area contributed by atoms with Crippen LogP contribution in [-0.4, -0.2) is 313 Å². The molecule has 38 heteroatoms. The second kappa shape index (κ2) is 42.0. The Kier molecular flexibility index (Phi) is 36.4. The molecule has 3 aliphatic heterocycles. The van der Waals surface area contributed by atoms with Gasteiger partial charge in [0.2, 0.25) is 47.3 Å². The van der Waals surface area contributed by atoms with Crippen LogP contribution in [0.15, 0.2) is 0 Å². The first kappa shape index (κ1) is 80.6. The van der Waals surface area contributed by atoms with Gasteiger partial charge in [-0.25, -0.2) is 0 Å². The third-order valence-corrected chi connectivity index (χ3v) is 16.7. The maximum atomic E-state index is 13.8. The van der Waals surface area contributed by atoms with Crippen molar-refractivity contribution in [3.63, 3.8) is 0 Å². The molecule has 4 aliphatic rings. The highest BCUT2D eigenvalue weighted by molar-refractivity contribution is 7.52. The molecule has 0 aromatic rings. The number of nitrogens with one attached hydrogen (secondary N) is 8. The molecule has 1 aliphatic carbocycles. The van der Waals surface area contributed by atoms with Gasteiger partial charge in [0.15, 0.2) is 18.9 Å². The molecule has 93 heavy (non-hydrogen) atoms. The van der Waals surface area contributed by atoms with Crippen molar-refractivity contribution in [2.75, 3.05) is 105 Å². The van der Waals surface area contributed by atoms with Gasteiger partial charge in [0.05, 0.1) is 85.4 Å². The van der Waals surface area contributed by atoms with E-state index in [1.807, 2.05) is 0 Å². The molecular formula is C55H97N8O29P. The summed E-state index contributed by atoms with van der Waals surface area (Å²) in [5.74, 6) is -5.64. The molecule has 0 radical (unpaired) electrons. The van der Waals surface area contributed by atoms with E-state index in [1.54, 1.807) is 0 Å². The van der Waals surface area contributed by atoms with Crippen LogP contribution in [0.25, 0.3) is 0 Å². The minimum atomic E-state index is -3.83. The molecular weight excluding hydrogens is 1270 g/mol. The van der Waals surface area contributed by atoms with E-state index in [0.717, 1.165) is 0 Å².